The van der Waals surface area contributed by atoms with E-state index in [0.29, 0.717) is 31.7 Å². The van der Waals surface area contributed by atoms with Gasteiger partial charge < -0.3 is 25.3 Å². The van der Waals surface area contributed by atoms with Crippen molar-refractivity contribution in [2.75, 3.05) is 19.6 Å². The highest BCUT2D eigenvalue weighted by molar-refractivity contribution is 5.91. The Labute approximate surface area is 167 Å². The summed E-state index contributed by atoms with van der Waals surface area (Å²) in [5.41, 5.74) is 0.752. The van der Waals surface area contributed by atoms with Crippen LogP contribution in [0.3, 0.4) is 0 Å². The van der Waals surface area contributed by atoms with Gasteiger partial charge in [-0.3, -0.25) is 9.59 Å². The molecule has 9 heteroatoms. The Morgan fingerprint density at radius 3 is 2.45 bits per heavy atom. The quantitative estimate of drug-likeness (QED) is 0.683. The summed E-state index contributed by atoms with van der Waals surface area (Å²) >= 11 is 0. The molecule has 8 nitrogen and oxygen atoms in total. The lowest BCUT2D eigenvalue weighted by Crippen LogP contribution is -2.49. The third-order valence-corrected chi connectivity index (χ3v) is 4.66. The third kappa shape index (κ3) is 6.06. The van der Waals surface area contributed by atoms with E-state index in [1.165, 1.54) is 18.4 Å². The maximum absolute atomic E-state index is 12.8. The molecule has 3 N–H and O–H groups in total. The summed E-state index contributed by atoms with van der Waals surface area (Å²) in [5.74, 6) is -0.480. The normalized spacial score (nSPS) is 14.3. The van der Waals surface area contributed by atoms with Gasteiger partial charge in [0.1, 0.15) is 5.82 Å². The summed E-state index contributed by atoms with van der Waals surface area (Å²) in [6, 6.07) is 8.55. The number of halogens is 1. The summed E-state index contributed by atoms with van der Waals surface area (Å²) in [6.45, 7) is 1.13. The van der Waals surface area contributed by atoms with E-state index in [0.717, 1.165) is 5.56 Å². The molecule has 0 spiro atoms. The van der Waals surface area contributed by atoms with Crippen molar-refractivity contribution in [2.24, 2.45) is 0 Å². The van der Waals surface area contributed by atoms with Crippen LogP contribution in [-0.2, 0) is 11.3 Å². The highest BCUT2D eigenvalue weighted by Gasteiger charge is 2.25. The molecule has 0 bridgehead atoms. The average Bonchev–Trinajstić information content (AvgIpc) is 3.27. The first-order chi connectivity index (χ1) is 14.0. The summed E-state index contributed by atoms with van der Waals surface area (Å²) in [7, 11) is 0. The Morgan fingerprint density at radius 1 is 1.07 bits per heavy atom. The molecule has 0 unspecified atom stereocenters. The molecule has 1 aliphatic heterocycles. The van der Waals surface area contributed by atoms with Crippen LogP contribution in [0.25, 0.3) is 0 Å². The molecule has 1 fully saturated rings. The fourth-order valence-electron chi connectivity index (χ4n) is 3.07. The number of nitrogens with one attached hydrogen (secondary N) is 3. The minimum Gasteiger partial charge on any atom is -0.459 e. The molecule has 3 rings (SSSR count). The molecule has 154 valence electrons. The lowest BCUT2D eigenvalue weighted by atomic mass is 10.0. The van der Waals surface area contributed by atoms with Crippen LogP contribution in [0.1, 0.15) is 29.0 Å². The number of hydrogen-bond donors (Lipinski definition) is 3. The molecule has 4 amide bonds. The van der Waals surface area contributed by atoms with Crippen molar-refractivity contribution < 1.29 is 23.2 Å². The first-order valence-corrected chi connectivity index (χ1v) is 9.39. The fraction of sp³-hybridized carbons (Fsp3) is 0.350. The van der Waals surface area contributed by atoms with Crippen molar-refractivity contribution in [2.45, 2.75) is 25.4 Å². The van der Waals surface area contributed by atoms with Crippen molar-refractivity contribution in [3.8, 4) is 0 Å². The van der Waals surface area contributed by atoms with Crippen LogP contribution in [0, 0.1) is 5.82 Å². The highest BCUT2D eigenvalue weighted by atomic mass is 19.1. The number of nitrogens with zero attached hydrogens (tertiary/aromatic N) is 1. The minimum atomic E-state index is -0.483. The van der Waals surface area contributed by atoms with Crippen LogP contribution in [0.5, 0.6) is 0 Å². The zero-order chi connectivity index (χ0) is 20.6. The van der Waals surface area contributed by atoms with Crippen LogP contribution < -0.4 is 16.0 Å². The van der Waals surface area contributed by atoms with E-state index in [1.54, 1.807) is 29.2 Å². The Balaban J connectivity index is 1.32. The first-order valence-electron chi connectivity index (χ1n) is 9.39. The van der Waals surface area contributed by atoms with Crippen LogP contribution in [0.15, 0.2) is 47.1 Å². The van der Waals surface area contributed by atoms with Crippen LogP contribution in [0.4, 0.5) is 9.18 Å². The first kappa shape index (κ1) is 20.4. The minimum absolute atomic E-state index is 0.0489. The van der Waals surface area contributed by atoms with Crippen molar-refractivity contribution in [1.82, 2.24) is 20.9 Å². The molecule has 2 heterocycles. The Bertz CT molecular complexity index is 831. The number of piperidine rings is 1. The van der Waals surface area contributed by atoms with Gasteiger partial charge in [-0.15, -0.1) is 0 Å². The number of furan rings is 1. The van der Waals surface area contributed by atoms with Crippen molar-refractivity contribution in [1.29, 1.82) is 0 Å². The molecule has 1 saturated heterocycles. The molecule has 1 aromatic carbocycles. The van der Waals surface area contributed by atoms with Crippen molar-refractivity contribution >= 4 is 17.8 Å². The van der Waals surface area contributed by atoms with Crippen molar-refractivity contribution in [3.05, 3.63) is 59.8 Å². The van der Waals surface area contributed by atoms with Gasteiger partial charge in [0.2, 0.25) is 5.91 Å². The van der Waals surface area contributed by atoms with E-state index in [-0.39, 0.29) is 36.8 Å². The van der Waals surface area contributed by atoms with E-state index in [1.807, 2.05) is 0 Å². The van der Waals surface area contributed by atoms with Gasteiger partial charge in [-0.25, -0.2) is 9.18 Å². The monoisotopic (exact) mass is 402 g/mol. The molecule has 29 heavy (non-hydrogen) atoms. The standard InChI is InChI=1S/C20H23FN4O4/c21-15-5-3-14(4-6-15)12-22-20(28)23-13-18(26)24-16-7-9-25(10-8-16)19(27)17-2-1-11-29-17/h1-6,11,16H,7-10,12-13H2,(H,24,26)(H2,22,23,28). The predicted molar refractivity (Wildman–Crippen MR) is 102 cm³/mol. The number of amides is 4. The van der Waals surface area contributed by atoms with E-state index in [2.05, 4.69) is 16.0 Å². The summed E-state index contributed by atoms with van der Waals surface area (Å²) < 4.78 is 18.0. The van der Waals surface area contributed by atoms with E-state index in [4.69, 9.17) is 4.42 Å². The van der Waals surface area contributed by atoms with E-state index < -0.39 is 6.03 Å². The summed E-state index contributed by atoms with van der Waals surface area (Å²) in [5, 5.41) is 7.95. The number of likely N-dealkylation sites (tertiary alicyclic amines) is 1. The molecule has 0 aliphatic carbocycles. The zero-order valence-electron chi connectivity index (χ0n) is 15.8. The smallest absolute Gasteiger partial charge is 0.315 e. The van der Waals surface area contributed by atoms with Gasteiger partial charge in [-0.1, -0.05) is 12.1 Å². The SMILES string of the molecule is O=C(CNC(=O)NCc1ccc(F)cc1)NC1CCN(C(=O)c2ccco2)CC1. The molecule has 2 aromatic rings. The van der Waals surface area contributed by atoms with Gasteiger partial charge in [-0.2, -0.15) is 0 Å². The van der Waals surface area contributed by atoms with Gasteiger partial charge in [0.25, 0.3) is 5.91 Å². The molecular weight excluding hydrogens is 379 g/mol. The third-order valence-electron chi connectivity index (χ3n) is 4.66. The van der Waals surface area contributed by atoms with Gasteiger partial charge in [0, 0.05) is 25.7 Å². The zero-order valence-corrected chi connectivity index (χ0v) is 15.8. The Morgan fingerprint density at radius 2 is 1.79 bits per heavy atom. The van der Waals surface area contributed by atoms with Gasteiger partial charge >= 0.3 is 6.03 Å². The average molecular weight is 402 g/mol. The second kappa shape index (κ2) is 9.72. The largest absolute Gasteiger partial charge is 0.459 e. The lowest BCUT2D eigenvalue weighted by Gasteiger charge is -2.31. The second-order valence-corrected chi connectivity index (χ2v) is 6.77. The molecule has 0 radical (unpaired) electrons. The number of rotatable bonds is 6. The van der Waals surface area contributed by atoms with Crippen molar-refractivity contribution in [3.63, 3.8) is 0 Å². The Kier molecular flexibility index (Phi) is 6.83. The van der Waals surface area contributed by atoms with Crippen LogP contribution in [0.2, 0.25) is 0 Å². The van der Waals surface area contributed by atoms with Crippen LogP contribution in [-0.4, -0.2) is 48.4 Å². The second-order valence-electron chi connectivity index (χ2n) is 6.77. The number of carbonyl (C=O) groups is 3. The maximum Gasteiger partial charge on any atom is 0.315 e. The number of hydrogen-bond acceptors (Lipinski definition) is 4. The summed E-state index contributed by atoms with van der Waals surface area (Å²) in [6.07, 6.45) is 2.73. The van der Waals surface area contributed by atoms with Crippen LogP contribution >= 0.6 is 0 Å². The Hall–Kier alpha value is -3.36. The molecule has 0 atom stereocenters. The van der Waals surface area contributed by atoms with Gasteiger partial charge in [0.15, 0.2) is 5.76 Å². The fourth-order valence-corrected chi connectivity index (χ4v) is 3.07. The topological polar surface area (TPSA) is 104 Å². The predicted octanol–water partition coefficient (Wildman–Crippen LogP) is 1.64. The molecule has 0 saturated carbocycles. The molecule has 1 aliphatic rings. The summed E-state index contributed by atoms with van der Waals surface area (Å²) in [4.78, 5) is 37.7. The van der Waals surface area contributed by atoms with E-state index >= 15 is 0 Å². The van der Waals surface area contributed by atoms with Gasteiger partial charge in [0.05, 0.1) is 12.8 Å². The number of benzene rings is 1. The number of urea groups is 1. The van der Waals surface area contributed by atoms with Gasteiger partial charge in [-0.05, 0) is 42.7 Å². The lowest BCUT2D eigenvalue weighted by molar-refractivity contribution is -0.121. The molecule has 1 aromatic heterocycles. The highest BCUT2D eigenvalue weighted by Crippen LogP contribution is 2.14. The molecular formula is C20H23FN4O4. The maximum atomic E-state index is 12.8. The van der Waals surface area contributed by atoms with E-state index in [9.17, 15) is 18.8 Å². The number of carbonyl (C=O) groups excluding carboxylic acids is 3.